The number of hydrogen-bond acceptors (Lipinski definition) is 3. The van der Waals surface area contributed by atoms with E-state index in [1.165, 1.54) is 0 Å². The van der Waals surface area contributed by atoms with E-state index in [-0.39, 0.29) is 5.56 Å². The van der Waals surface area contributed by atoms with E-state index in [2.05, 4.69) is 11.9 Å². The highest BCUT2D eigenvalue weighted by molar-refractivity contribution is 5.96. The van der Waals surface area contributed by atoms with Crippen molar-refractivity contribution >= 4 is 11.6 Å². The maximum Gasteiger partial charge on any atom is 0.336 e. The van der Waals surface area contributed by atoms with Gasteiger partial charge in [0.2, 0.25) is 0 Å². The van der Waals surface area contributed by atoms with Gasteiger partial charge < -0.3 is 14.6 Å². The summed E-state index contributed by atoms with van der Waals surface area (Å²) < 4.78 is 1.97. The second kappa shape index (κ2) is 8.13. The average molecular weight is 400 g/mol. The van der Waals surface area contributed by atoms with E-state index < -0.39 is 12.1 Å². The zero-order valence-corrected chi connectivity index (χ0v) is 17.0. The molecule has 0 aliphatic carbocycles. The van der Waals surface area contributed by atoms with E-state index in [1.54, 1.807) is 18.2 Å². The van der Waals surface area contributed by atoms with Crippen LogP contribution in [0.4, 0.5) is 0 Å². The molecule has 5 nitrogen and oxygen atoms in total. The second-order valence-electron chi connectivity index (χ2n) is 7.49. The molecule has 0 bridgehead atoms. The Morgan fingerprint density at radius 2 is 1.80 bits per heavy atom. The van der Waals surface area contributed by atoms with Crippen molar-refractivity contribution in [2.24, 2.45) is 0 Å². The van der Waals surface area contributed by atoms with Crippen molar-refractivity contribution in [2.75, 3.05) is 0 Å². The predicted molar refractivity (Wildman–Crippen MR) is 117 cm³/mol. The number of fused-ring (bicyclic) bond motifs is 1. The first-order valence-electron chi connectivity index (χ1n) is 10.1. The van der Waals surface area contributed by atoms with Gasteiger partial charge in [-0.3, -0.25) is 0 Å². The Labute approximate surface area is 175 Å². The summed E-state index contributed by atoms with van der Waals surface area (Å²) >= 11 is 0. The fourth-order valence-corrected chi connectivity index (χ4v) is 3.88. The SMILES string of the molecule is CCCc1cn2c([C@H](O)c3ccc(-c4ccccc4C(=O)O)cc3)c(C)ccc2n1. The molecule has 4 rings (SSSR count). The number of rotatable bonds is 6. The summed E-state index contributed by atoms with van der Waals surface area (Å²) in [5.74, 6) is -0.958. The van der Waals surface area contributed by atoms with Gasteiger partial charge in [-0.15, -0.1) is 0 Å². The molecule has 0 spiro atoms. The topological polar surface area (TPSA) is 74.8 Å². The van der Waals surface area contributed by atoms with Crippen LogP contribution < -0.4 is 0 Å². The van der Waals surface area contributed by atoms with Crippen LogP contribution in [-0.2, 0) is 6.42 Å². The monoisotopic (exact) mass is 400 g/mol. The number of aliphatic hydroxyl groups is 1. The van der Waals surface area contributed by atoms with Crippen LogP contribution in [0.1, 0.15) is 52.3 Å². The predicted octanol–water partition coefficient (Wildman–Crippen LogP) is 5.04. The minimum atomic E-state index is -0.958. The van der Waals surface area contributed by atoms with Crippen LogP contribution in [0.3, 0.4) is 0 Å². The molecule has 4 aromatic rings. The minimum absolute atomic E-state index is 0.258. The van der Waals surface area contributed by atoms with Crippen molar-refractivity contribution < 1.29 is 15.0 Å². The lowest BCUT2D eigenvalue weighted by Gasteiger charge is -2.17. The number of hydrogen-bond donors (Lipinski definition) is 2. The second-order valence-corrected chi connectivity index (χ2v) is 7.49. The molecule has 0 aliphatic heterocycles. The van der Waals surface area contributed by atoms with E-state index in [0.29, 0.717) is 5.56 Å². The molecule has 1 atom stereocenters. The summed E-state index contributed by atoms with van der Waals surface area (Å²) in [6.45, 7) is 4.10. The van der Waals surface area contributed by atoms with Crippen LogP contribution in [0.2, 0.25) is 0 Å². The third kappa shape index (κ3) is 3.60. The summed E-state index contributed by atoms with van der Waals surface area (Å²) in [4.78, 5) is 16.2. The van der Waals surface area contributed by atoms with Gasteiger partial charge in [-0.1, -0.05) is 61.9 Å². The molecule has 0 saturated heterocycles. The molecule has 2 heterocycles. The van der Waals surface area contributed by atoms with Crippen LogP contribution in [0.25, 0.3) is 16.8 Å². The van der Waals surface area contributed by atoms with Gasteiger partial charge in [0.15, 0.2) is 0 Å². The third-order valence-corrected chi connectivity index (χ3v) is 5.39. The van der Waals surface area contributed by atoms with Crippen molar-refractivity contribution in [3.63, 3.8) is 0 Å². The van der Waals surface area contributed by atoms with Crippen LogP contribution in [0.15, 0.2) is 66.9 Å². The summed E-state index contributed by atoms with van der Waals surface area (Å²) in [7, 11) is 0. The number of carbonyl (C=O) groups is 1. The zero-order chi connectivity index (χ0) is 21.3. The quantitative estimate of drug-likeness (QED) is 0.475. The van der Waals surface area contributed by atoms with Gasteiger partial charge >= 0.3 is 5.97 Å². The van der Waals surface area contributed by atoms with Gasteiger partial charge in [0.1, 0.15) is 11.8 Å². The number of imidazole rings is 1. The summed E-state index contributed by atoms with van der Waals surface area (Å²) in [5.41, 5.74) is 6.06. The van der Waals surface area contributed by atoms with Crippen LogP contribution >= 0.6 is 0 Å². The van der Waals surface area contributed by atoms with Gasteiger partial charge in [-0.05, 0) is 47.7 Å². The summed E-state index contributed by atoms with van der Waals surface area (Å²) in [5, 5.41) is 20.6. The van der Waals surface area contributed by atoms with Crippen molar-refractivity contribution in [1.82, 2.24) is 9.38 Å². The van der Waals surface area contributed by atoms with Crippen molar-refractivity contribution in [1.29, 1.82) is 0 Å². The zero-order valence-electron chi connectivity index (χ0n) is 17.0. The average Bonchev–Trinajstić information content (AvgIpc) is 3.16. The number of carboxylic acids is 1. The molecule has 0 unspecified atom stereocenters. The number of aromatic nitrogens is 2. The highest BCUT2D eigenvalue weighted by atomic mass is 16.4. The molecule has 2 N–H and O–H groups in total. The molecule has 152 valence electrons. The largest absolute Gasteiger partial charge is 0.478 e. The molecule has 2 aromatic heterocycles. The van der Waals surface area contributed by atoms with Gasteiger partial charge in [0, 0.05) is 6.20 Å². The van der Waals surface area contributed by atoms with Gasteiger partial charge in [-0.2, -0.15) is 0 Å². The fraction of sp³-hybridized carbons (Fsp3) is 0.200. The molecule has 5 heteroatoms. The maximum absolute atomic E-state index is 11.5. The van der Waals surface area contributed by atoms with Crippen LogP contribution in [0.5, 0.6) is 0 Å². The highest BCUT2D eigenvalue weighted by Crippen LogP contribution is 2.29. The molecule has 2 aromatic carbocycles. The minimum Gasteiger partial charge on any atom is -0.478 e. The molecule has 0 amide bonds. The molecular formula is C25H24N2O3. The fourth-order valence-electron chi connectivity index (χ4n) is 3.88. The summed E-state index contributed by atoms with van der Waals surface area (Å²) in [6.07, 6.45) is 3.09. The highest BCUT2D eigenvalue weighted by Gasteiger charge is 2.18. The number of pyridine rings is 1. The van der Waals surface area contributed by atoms with E-state index in [4.69, 9.17) is 0 Å². The molecule has 0 aliphatic rings. The Morgan fingerprint density at radius 3 is 2.50 bits per heavy atom. The molecular weight excluding hydrogens is 376 g/mol. The normalized spacial score (nSPS) is 12.2. The molecule has 0 radical (unpaired) electrons. The first kappa shape index (κ1) is 19.9. The van der Waals surface area contributed by atoms with Crippen LogP contribution in [-0.4, -0.2) is 25.6 Å². The molecule has 0 saturated carbocycles. The van der Waals surface area contributed by atoms with E-state index in [0.717, 1.165) is 46.6 Å². The molecule has 30 heavy (non-hydrogen) atoms. The first-order chi connectivity index (χ1) is 14.5. The maximum atomic E-state index is 11.5. The number of aryl methyl sites for hydroxylation is 2. The Balaban J connectivity index is 1.72. The number of aliphatic hydroxyl groups excluding tert-OH is 1. The number of nitrogens with zero attached hydrogens (tertiary/aromatic N) is 2. The van der Waals surface area contributed by atoms with E-state index >= 15 is 0 Å². The van der Waals surface area contributed by atoms with Crippen molar-refractivity contribution in [3.8, 4) is 11.1 Å². The van der Waals surface area contributed by atoms with Crippen molar-refractivity contribution in [2.45, 2.75) is 32.8 Å². The third-order valence-electron chi connectivity index (χ3n) is 5.39. The Kier molecular flexibility index (Phi) is 5.38. The Bertz CT molecular complexity index is 1210. The number of aromatic carboxylic acids is 1. The molecule has 0 fully saturated rings. The van der Waals surface area contributed by atoms with Gasteiger partial charge in [-0.25, -0.2) is 9.78 Å². The standard InChI is InChI=1S/C25H24N2O3/c1-3-6-19-15-27-22(26-19)14-9-16(2)23(27)24(28)18-12-10-17(11-13-18)20-7-4-5-8-21(20)25(29)30/h4-5,7-15,24,28H,3,6H2,1-2H3,(H,29,30)/t24-/m1/s1. The first-order valence-corrected chi connectivity index (χ1v) is 10.1. The summed E-state index contributed by atoms with van der Waals surface area (Å²) in [6, 6.07) is 18.3. The lowest BCUT2D eigenvalue weighted by atomic mass is 9.96. The Morgan fingerprint density at radius 1 is 1.07 bits per heavy atom. The van der Waals surface area contributed by atoms with E-state index in [9.17, 15) is 15.0 Å². The van der Waals surface area contributed by atoms with Crippen molar-refractivity contribution in [3.05, 3.63) is 94.9 Å². The number of carboxylic acid groups (broad SMARTS) is 1. The van der Waals surface area contributed by atoms with E-state index in [1.807, 2.05) is 60.0 Å². The lowest BCUT2D eigenvalue weighted by molar-refractivity contribution is 0.0697. The Hall–Kier alpha value is -3.44. The lowest BCUT2D eigenvalue weighted by Crippen LogP contribution is -2.08. The van der Waals surface area contributed by atoms with Gasteiger partial charge in [0.25, 0.3) is 0 Å². The van der Waals surface area contributed by atoms with Gasteiger partial charge in [0.05, 0.1) is 17.0 Å². The smallest absolute Gasteiger partial charge is 0.336 e. The number of benzene rings is 2. The van der Waals surface area contributed by atoms with Crippen LogP contribution in [0, 0.1) is 6.92 Å².